The van der Waals surface area contributed by atoms with Crippen molar-refractivity contribution in [3.05, 3.63) is 59.8 Å². The van der Waals surface area contributed by atoms with Crippen molar-refractivity contribution < 1.29 is 14.6 Å². The van der Waals surface area contributed by atoms with Crippen LogP contribution in [0.1, 0.15) is 15.9 Å². The summed E-state index contributed by atoms with van der Waals surface area (Å²) in [6, 6.07) is 12.0. The monoisotopic (exact) mass is 308 g/mol. The highest BCUT2D eigenvalue weighted by Gasteiger charge is 2.14. The Morgan fingerprint density at radius 3 is 2.78 bits per heavy atom. The number of aromatic hydroxyl groups is 1. The first-order valence-corrected chi connectivity index (χ1v) is 7.13. The molecule has 116 valence electrons. The number of aromatic nitrogens is 1. The molecule has 0 radical (unpaired) electrons. The summed E-state index contributed by atoms with van der Waals surface area (Å²) in [5.41, 5.74) is 2.71. The molecule has 0 spiro atoms. The van der Waals surface area contributed by atoms with E-state index in [1.807, 2.05) is 31.2 Å². The van der Waals surface area contributed by atoms with Gasteiger partial charge in [0.05, 0.1) is 23.9 Å². The van der Waals surface area contributed by atoms with Crippen LogP contribution in [0, 0.1) is 6.92 Å². The number of fused-ring (bicyclic) bond motifs is 1. The van der Waals surface area contributed by atoms with Gasteiger partial charge in [-0.25, -0.2) is 0 Å². The SMILES string of the molecule is COc1ccc(C(=O)Nc2ccc(C)c3ncccc23)c(O)c1. The quantitative estimate of drug-likeness (QED) is 0.776. The highest BCUT2D eigenvalue weighted by molar-refractivity contribution is 6.10. The number of aryl methyl sites for hydroxylation is 1. The van der Waals surface area contributed by atoms with Gasteiger partial charge in [-0.3, -0.25) is 9.78 Å². The first-order chi connectivity index (χ1) is 11.1. The van der Waals surface area contributed by atoms with Gasteiger partial charge in [0.15, 0.2) is 0 Å². The molecule has 3 rings (SSSR count). The molecule has 0 unspecified atom stereocenters. The van der Waals surface area contributed by atoms with Crippen LogP contribution in [0.3, 0.4) is 0 Å². The summed E-state index contributed by atoms with van der Waals surface area (Å²) >= 11 is 0. The van der Waals surface area contributed by atoms with Crippen LogP contribution < -0.4 is 10.1 Å². The van der Waals surface area contributed by atoms with Crippen molar-refractivity contribution >= 4 is 22.5 Å². The molecule has 5 nitrogen and oxygen atoms in total. The summed E-state index contributed by atoms with van der Waals surface area (Å²) in [7, 11) is 1.50. The highest BCUT2D eigenvalue weighted by atomic mass is 16.5. The van der Waals surface area contributed by atoms with Gasteiger partial charge in [-0.1, -0.05) is 6.07 Å². The third-order valence-corrected chi connectivity index (χ3v) is 3.67. The van der Waals surface area contributed by atoms with Crippen LogP contribution in [0.2, 0.25) is 0 Å². The molecule has 5 heteroatoms. The van der Waals surface area contributed by atoms with Crippen LogP contribution >= 0.6 is 0 Å². The predicted octanol–water partition coefficient (Wildman–Crippen LogP) is 3.51. The van der Waals surface area contributed by atoms with E-state index in [4.69, 9.17) is 4.74 Å². The maximum atomic E-state index is 12.4. The Hall–Kier alpha value is -3.08. The Bertz CT molecular complexity index is 891. The van der Waals surface area contributed by atoms with Gasteiger partial charge in [0.2, 0.25) is 0 Å². The minimum atomic E-state index is -0.390. The lowest BCUT2D eigenvalue weighted by Crippen LogP contribution is -2.12. The van der Waals surface area contributed by atoms with Crippen molar-refractivity contribution in [2.75, 3.05) is 12.4 Å². The first-order valence-electron chi connectivity index (χ1n) is 7.13. The summed E-state index contributed by atoms with van der Waals surface area (Å²) in [4.78, 5) is 16.8. The molecule has 0 atom stereocenters. The molecule has 23 heavy (non-hydrogen) atoms. The number of pyridine rings is 1. The number of nitrogens with one attached hydrogen (secondary N) is 1. The van der Waals surface area contributed by atoms with Crippen LogP contribution in [-0.4, -0.2) is 23.1 Å². The lowest BCUT2D eigenvalue weighted by atomic mass is 10.1. The van der Waals surface area contributed by atoms with E-state index in [9.17, 15) is 9.90 Å². The standard InChI is InChI=1S/C18H16N2O3/c1-11-5-8-15(13-4-3-9-19-17(11)13)20-18(22)14-7-6-12(23-2)10-16(14)21/h3-10,21H,1-2H3,(H,20,22). The van der Waals surface area contributed by atoms with E-state index < -0.39 is 0 Å². The van der Waals surface area contributed by atoms with Crippen molar-refractivity contribution in [3.63, 3.8) is 0 Å². The molecule has 0 aliphatic rings. The van der Waals surface area contributed by atoms with Crippen molar-refractivity contribution in [1.82, 2.24) is 4.98 Å². The topological polar surface area (TPSA) is 71.5 Å². The van der Waals surface area contributed by atoms with Gasteiger partial charge in [0.1, 0.15) is 11.5 Å². The lowest BCUT2D eigenvalue weighted by Gasteiger charge is -2.11. The molecular weight excluding hydrogens is 292 g/mol. The molecule has 0 fully saturated rings. The third-order valence-electron chi connectivity index (χ3n) is 3.67. The summed E-state index contributed by atoms with van der Waals surface area (Å²) < 4.78 is 5.02. The van der Waals surface area contributed by atoms with Crippen molar-refractivity contribution in [2.24, 2.45) is 0 Å². The number of hydrogen-bond acceptors (Lipinski definition) is 4. The van der Waals surface area contributed by atoms with E-state index in [0.29, 0.717) is 11.4 Å². The van der Waals surface area contributed by atoms with Crippen molar-refractivity contribution in [2.45, 2.75) is 6.92 Å². The fourth-order valence-corrected chi connectivity index (χ4v) is 2.44. The highest BCUT2D eigenvalue weighted by Crippen LogP contribution is 2.27. The number of hydrogen-bond donors (Lipinski definition) is 2. The smallest absolute Gasteiger partial charge is 0.259 e. The van der Waals surface area contributed by atoms with Crippen LogP contribution in [0.5, 0.6) is 11.5 Å². The summed E-state index contributed by atoms with van der Waals surface area (Å²) in [5.74, 6) is -0.0282. The Labute approximate surface area is 133 Å². The van der Waals surface area contributed by atoms with E-state index in [0.717, 1.165) is 16.5 Å². The van der Waals surface area contributed by atoms with Gasteiger partial charge in [-0.15, -0.1) is 0 Å². The van der Waals surface area contributed by atoms with Gasteiger partial charge in [-0.05, 0) is 42.8 Å². The molecular formula is C18H16N2O3. The van der Waals surface area contributed by atoms with Crippen LogP contribution in [0.4, 0.5) is 5.69 Å². The van der Waals surface area contributed by atoms with Gasteiger partial charge >= 0.3 is 0 Å². The third kappa shape index (κ3) is 2.81. The average molecular weight is 308 g/mol. The molecule has 0 saturated carbocycles. The number of rotatable bonds is 3. The molecule has 1 amide bonds. The van der Waals surface area contributed by atoms with Crippen molar-refractivity contribution in [1.29, 1.82) is 0 Å². The Balaban J connectivity index is 1.96. The molecule has 1 aromatic heterocycles. The van der Waals surface area contributed by atoms with E-state index in [2.05, 4.69) is 10.3 Å². The maximum absolute atomic E-state index is 12.4. The zero-order valence-electron chi connectivity index (χ0n) is 12.8. The molecule has 2 aromatic carbocycles. The molecule has 2 N–H and O–H groups in total. The molecule has 0 aliphatic heterocycles. The molecule has 0 aliphatic carbocycles. The fourth-order valence-electron chi connectivity index (χ4n) is 2.44. The van der Waals surface area contributed by atoms with Crippen LogP contribution in [0.15, 0.2) is 48.7 Å². The number of nitrogens with zero attached hydrogens (tertiary/aromatic N) is 1. The average Bonchev–Trinajstić information content (AvgIpc) is 2.57. The number of phenols is 1. The Kier molecular flexibility index (Phi) is 3.85. The van der Waals surface area contributed by atoms with Crippen LogP contribution in [-0.2, 0) is 0 Å². The minimum Gasteiger partial charge on any atom is -0.507 e. The molecule has 3 aromatic rings. The Morgan fingerprint density at radius 2 is 2.04 bits per heavy atom. The number of carbonyl (C=O) groups is 1. The number of phenolic OH excluding ortho intramolecular Hbond substituents is 1. The second kappa shape index (κ2) is 5.96. The summed E-state index contributed by atoms with van der Waals surface area (Å²) in [5, 5.41) is 13.7. The zero-order chi connectivity index (χ0) is 16.4. The second-order valence-electron chi connectivity index (χ2n) is 5.17. The molecule has 1 heterocycles. The number of amides is 1. The van der Waals surface area contributed by atoms with Gasteiger partial charge in [0.25, 0.3) is 5.91 Å². The predicted molar refractivity (Wildman–Crippen MR) is 89.1 cm³/mol. The number of ether oxygens (including phenoxy) is 1. The normalized spacial score (nSPS) is 10.5. The van der Waals surface area contributed by atoms with Gasteiger partial charge < -0.3 is 15.2 Å². The van der Waals surface area contributed by atoms with Gasteiger partial charge in [-0.2, -0.15) is 0 Å². The second-order valence-corrected chi connectivity index (χ2v) is 5.17. The number of methoxy groups -OCH3 is 1. The van der Waals surface area contributed by atoms with Gasteiger partial charge in [0, 0.05) is 17.6 Å². The summed E-state index contributed by atoms with van der Waals surface area (Å²) in [6.07, 6.45) is 1.72. The van der Waals surface area contributed by atoms with E-state index in [1.165, 1.54) is 19.2 Å². The number of carbonyl (C=O) groups excluding carboxylic acids is 1. The molecule has 0 bridgehead atoms. The zero-order valence-corrected chi connectivity index (χ0v) is 12.8. The van der Waals surface area contributed by atoms with Crippen molar-refractivity contribution in [3.8, 4) is 11.5 Å². The number of benzene rings is 2. The molecule has 0 saturated heterocycles. The lowest BCUT2D eigenvalue weighted by molar-refractivity contribution is 0.102. The van der Waals surface area contributed by atoms with Crippen LogP contribution in [0.25, 0.3) is 10.9 Å². The van der Waals surface area contributed by atoms with E-state index in [-0.39, 0.29) is 17.2 Å². The first kappa shape index (κ1) is 14.8. The minimum absolute atomic E-state index is 0.128. The fraction of sp³-hybridized carbons (Fsp3) is 0.111. The Morgan fingerprint density at radius 1 is 1.22 bits per heavy atom. The maximum Gasteiger partial charge on any atom is 0.259 e. The van der Waals surface area contributed by atoms with E-state index >= 15 is 0 Å². The van der Waals surface area contributed by atoms with E-state index in [1.54, 1.807) is 12.3 Å². The largest absolute Gasteiger partial charge is 0.507 e. The summed E-state index contributed by atoms with van der Waals surface area (Å²) in [6.45, 7) is 1.97. The number of anilines is 1.